The first-order chi connectivity index (χ1) is 12.4. The second-order valence-electron chi connectivity index (χ2n) is 6.65. The minimum absolute atomic E-state index is 0.150. The van der Waals surface area contributed by atoms with Gasteiger partial charge in [0.2, 0.25) is 10.0 Å². The number of morpholine rings is 1. The molecular weight excluding hydrogens is 350 g/mol. The highest BCUT2D eigenvalue weighted by Gasteiger charge is 2.35. The number of sulfonamides is 1. The van der Waals surface area contributed by atoms with Gasteiger partial charge in [0, 0.05) is 18.2 Å². The van der Waals surface area contributed by atoms with Crippen LogP contribution in [0.5, 0.6) is 0 Å². The van der Waals surface area contributed by atoms with E-state index in [1.807, 2.05) is 37.3 Å². The van der Waals surface area contributed by atoms with Crippen LogP contribution in [0.4, 0.5) is 0 Å². The summed E-state index contributed by atoms with van der Waals surface area (Å²) in [5.41, 5.74) is 1.51. The second-order valence-corrected chi connectivity index (χ2v) is 8.54. The van der Waals surface area contributed by atoms with Crippen LogP contribution in [0.3, 0.4) is 0 Å². The van der Waals surface area contributed by atoms with Crippen LogP contribution in [0.25, 0.3) is 0 Å². The lowest BCUT2D eigenvalue weighted by Crippen LogP contribution is -2.51. The molecule has 2 unspecified atom stereocenters. The van der Waals surface area contributed by atoms with Crippen LogP contribution in [-0.2, 0) is 21.2 Å². The number of nitrogens with zero attached hydrogens (tertiary/aromatic N) is 1. The molecule has 1 saturated heterocycles. The Bertz CT molecular complexity index is 880. The van der Waals surface area contributed by atoms with Crippen molar-refractivity contribution in [3.63, 3.8) is 0 Å². The average Bonchev–Trinajstić information content (AvgIpc) is 2.64. The van der Waals surface area contributed by atoms with Crippen molar-refractivity contribution < 1.29 is 17.9 Å². The number of Topliss-reactive ketones (excluding diaryl/α,β-unsaturated/α-hetero) is 1. The minimum Gasteiger partial charge on any atom is -0.375 e. The molecule has 2 aromatic carbocycles. The summed E-state index contributed by atoms with van der Waals surface area (Å²) in [4.78, 5) is 11.7. The van der Waals surface area contributed by atoms with Gasteiger partial charge in [0.05, 0.1) is 17.6 Å². The molecule has 0 radical (unpaired) electrons. The second kappa shape index (κ2) is 7.70. The largest absolute Gasteiger partial charge is 0.375 e. The van der Waals surface area contributed by atoms with E-state index in [-0.39, 0.29) is 22.8 Å². The first-order valence-corrected chi connectivity index (χ1v) is 10.1. The Labute approximate surface area is 154 Å². The number of benzene rings is 2. The first-order valence-electron chi connectivity index (χ1n) is 8.66. The molecular formula is C20H23NO4S. The molecule has 0 bridgehead atoms. The van der Waals surface area contributed by atoms with Gasteiger partial charge in [0.15, 0.2) is 5.78 Å². The van der Waals surface area contributed by atoms with Crippen LogP contribution < -0.4 is 0 Å². The third-order valence-electron chi connectivity index (χ3n) is 4.60. The van der Waals surface area contributed by atoms with Crippen molar-refractivity contribution in [2.24, 2.45) is 0 Å². The predicted molar refractivity (Wildman–Crippen MR) is 99.7 cm³/mol. The van der Waals surface area contributed by atoms with Crippen molar-refractivity contribution in [3.8, 4) is 0 Å². The van der Waals surface area contributed by atoms with Gasteiger partial charge in [0.1, 0.15) is 0 Å². The number of carbonyl (C=O) groups excluding carboxylic acids is 1. The maximum absolute atomic E-state index is 13.1. The van der Waals surface area contributed by atoms with Gasteiger partial charge in [-0.05, 0) is 38.0 Å². The van der Waals surface area contributed by atoms with Crippen molar-refractivity contribution in [3.05, 3.63) is 65.7 Å². The normalized spacial score (nSPS) is 21.5. The summed E-state index contributed by atoms with van der Waals surface area (Å²) >= 11 is 0. The van der Waals surface area contributed by atoms with Crippen LogP contribution in [0.1, 0.15) is 29.8 Å². The Morgan fingerprint density at radius 2 is 1.88 bits per heavy atom. The fourth-order valence-corrected chi connectivity index (χ4v) is 4.83. The van der Waals surface area contributed by atoms with Gasteiger partial charge in [-0.15, -0.1) is 0 Å². The number of ether oxygens (including phenoxy) is 1. The Morgan fingerprint density at radius 1 is 1.15 bits per heavy atom. The fourth-order valence-electron chi connectivity index (χ4n) is 3.14. The van der Waals surface area contributed by atoms with E-state index in [0.717, 1.165) is 5.56 Å². The van der Waals surface area contributed by atoms with Crippen molar-refractivity contribution in [2.75, 3.05) is 13.2 Å². The number of hydrogen-bond donors (Lipinski definition) is 0. The molecule has 0 N–H and O–H groups in total. The van der Waals surface area contributed by atoms with Crippen molar-refractivity contribution in [2.45, 2.75) is 37.3 Å². The van der Waals surface area contributed by atoms with Gasteiger partial charge < -0.3 is 4.74 Å². The van der Waals surface area contributed by atoms with Gasteiger partial charge in [-0.3, -0.25) is 4.79 Å². The molecule has 1 aliphatic heterocycles. The van der Waals surface area contributed by atoms with Crippen LogP contribution in [0.2, 0.25) is 0 Å². The summed E-state index contributed by atoms with van der Waals surface area (Å²) in [5.74, 6) is -0.154. The van der Waals surface area contributed by atoms with Crippen LogP contribution in [-0.4, -0.2) is 43.8 Å². The smallest absolute Gasteiger partial charge is 0.243 e. The van der Waals surface area contributed by atoms with E-state index in [2.05, 4.69) is 0 Å². The Morgan fingerprint density at radius 3 is 2.58 bits per heavy atom. The number of ketones is 1. The van der Waals surface area contributed by atoms with E-state index < -0.39 is 10.0 Å². The molecule has 6 heteroatoms. The van der Waals surface area contributed by atoms with E-state index in [1.54, 1.807) is 12.1 Å². The molecule has 1 fully saturated rings. The number of hydrogen-bond acceptors (Lipinski definition) is 4. The lowest BCUT2D eigenvalue weighted by molar-refractivity contribution is -0.0265. The van der Waals surface area contributed by atoms with Gasteiger partial charge in [-0.25, -0.2) is 8.42 Å². The third kappa shape index (κ3) is 4.03. The molecule has 2 aromatic rings. The molecule has 0 amide bonds. The molecule has 1 aliphatic rings. The van der Waals surface area contributed by atoms with Crippen LogP contribution in [0, 0.1) is 0 Å². The summed E-state index contributed by atoms with van der Waals surface area (Å²) in [6.07, 6.45) is 0.465. The van der Waals surface area contributed by atoms with Crippen molar-refractivity contribution >= 4 is 15.8 Å². The quantitative estimate of drug-likeness (QED) is 0.756. The Kier molecular flexibility index (Phi) is 5.55. The maximum Gasteiger partial charge on any atom is 0.243 e. The molecule has 0 aromatic heterocycles. The van der Waals surface area contributed by atoms with E-state index in [9.17, 15) is 13.2 Å². The molecule has 1 heterocycles. The lowest BCUT2D eigenvalue weighted by Gasteiger charge is -2.37. The van der Waals surface area contributed by atoms with Gasteiger partial charge in [0.25, 0.3) is 0 Å². The average molecular weight is 373 g/mol. The number of rotatable bonds is 5. The number of carbonyl (C=O) groups is 1. The molecule has 26 heavy (non-hydrogen) atoms. The van der Waals surface area contributed by atoms with Gasteiger partial charge in [-0.2, -0.15) is 4.31 Å². The highest BCUT2D eigenvalue weighted by atomic mass is 32.2. The van der Waals surface area contributed by atoms with E-state index >= 15 is 0 Å². The van der Waals surface area contributed by atoms with E-state index in [0.29, 0.717) is 25.1 Å². The Hall–Kier alpha value is -2.02. The minimum atomic E-state index is -3.69. The highest BCUT2D eigenvalue weighted by Crippen LogP contribution is 2.24. The molecule has 0 spiro atoms. The highest BCUT2D eigenvalue weighted by molar-refractivity contribution is 7.89. The molecule has 3 rings (SSSR count). The van der Waals surface area contributed by atoms with Gasteiger partial charge in [-0.1, -0.05) is 42.5 Å². The molecule has 0 saturated carbocycles. The van der Waals surface area contributed by atoms with E-state index in [4.69, 9.17) is 4.74 Å². The van der Waals surface area contributed by atoms with Gasteiger partial charge >= 0.3 is 0 Å². The maximum atomic E-state index is 13.1. The summed E-state index contributed by atoms with van der Waals surface area (Å²) in [5, 5.41) is 0. The molecule has 138 valence electrons. The lowest BCUT2D eigenvalue weighted by atomic mass is 10.1. The standard InChI is InChI=1S/C20H23NO4S/c1-15-14-25-19(11-17-7-4-3-5-8-17)13-21(15)26(23,24)20-10-6-9-18(12-20)16(2)22/h3-10,12,15,19H,11,13-14H2,1-2H3. The monoisotopic (exact) mass is 373 g/mol. The zero-order valence-electron chi connectivity index (χ0n) is 15.0. The van der Waals surface area contributed by atoms with Crippen molar-refractivity contribution in [1.82, 2.24) is 4.31 Å². The first kappa shape index (κ1) is 18.8. The van der Waals surface area contributed by atoms with Crippen molar-refractivity contribution in [1.29, 1.82) is 0 Å². The summed E-state index contributed by atoms with van der Waals surface area (Å²) in [7, 11) is -3.69. The molecule has 2 atom stereocenters. The summed E-state index contributed by atoms with van der Waals surface area (Å²) in [6, 6.07) is 15.9. The zero-order valence-corrected chi connectivity index (χ0v) is 15.8. The van der Waals surface area contributed by atoms with Crippen LogP contribution >= 0.6 is 0 Å². The zero-order chi connectivity index (χ0) is 18.7. The predicted octanol–water partition coefficient (Wildman–Crippen LogP) is 2.91. The molecule has 0 aliphatic carbocycles. The summed E-state index contributed by atoms with van der Waals surface area (Å²) < 4.78 is 33.6. The SMILES string of the molecule is CC(=O)c1cccc(S(=O)(=O)N2CC(Cc3ccccc3)OCC2C)c1. The third-order valence-corrected chi connectivity index (χ3v) is 6.58. The Balaban J connectivity index is 1.83. The van der Waals surface area contributed by atoms with Crippen LogP contribution in [0.15, 0.2) is 59.5 Å². The topological polar surface area (TPSA) is 63.7 Å². The molecule has 5 nitrogen and oxygen atoms in total. The fraction of sp³-hybridized carbons (Fsp3) is 0.350. The van der Waals surface area contributed by atoms with E-state index in [1.165, 1.54) is 23.4 Å². The summed E-state index contributed by atoms with van der Waals surface area (Å²) in [6.45, 7) is 3.91.